The first kappa shape index (κ1) is 25.9. The number of aromatic nitrogens is 2. The molecule has 214 valence electrons. The third-order valence-corrected chi connectivity index (χ3v) is 9.81. The van der Waals surface area contributed by atoms with E-state index >= 15 is 0 Å². The first-order chi connectivity index (χ1) is 22.1. The minimum absolute atomic E-state index is 0.225. The maximum absolute atomic E-state index is 6.59. The number of para-hydroxylation sites is 3. The third kappa shape index (κ3) is 3.58. The van der Waals surface area contributed by atoms with Gasteiger partial charge in [-0.25, -0.2) is 9.97 Å². The van der Waals surface area contributed by atoms with E-state index in [0.717, 1.165) is 56.2 Å². The van der Waals surface area contributed by atoms with Crippen molar-refractivity contribution in [3.63, 3.8) is 0 Å². The molecule has 1 spiro atoms. The molecule has 2 heterocycles. The van der Waals surface area contributed by atoms with Crippen LogP contribution in [0.4, 0.5) is 0 Å². The van der Waals surface area contributed by atoms with E-state index in [2.05, 4.69) is 147 Å². The lowest BCUT2D eigenvalue weighted by Crippen LogP contribution is -2.43. The van der Waals surface area contributed by atoms with E-state index in [-0.39, 0.29) is 5.41 Å². The Labute approximate surface area is 262 Å². The summed E-state index contributed by atoms with van der Waals surface area (Å²) in [5.74, 6) is 2.49. The molecular formula is C42H30N2O. The lowest BCUT2D eigenvalue weighted by Gasteiger charge is -2.50. The van der Waals surface area contributed by atoms with E-state index in [9.17, 15) is 0 Å². The highest BCUT2D eigenvalue weighted by Crippen LogP contribution is 2.61. The van der Waals surface area contributed by atoms with Gasteiger partial charge < -0.3 is 4.74 Å². The summed E-state index contributed by atoms with van der Waals surface area (Å²) < 4.78 is 6.59. The standard InChI is InChI=1S/C42H30N2O/c1-41(2)30-17-7-8-18-32(30)42(33-19-9-12-22-37(33)45-38-23-13-10-20-34(38)42)35-26-28(24-25-31(35)41)40-43-36-21-11-6-16-29(36)39(44-40)27-14-4-3-5-15-27/h3-26H,1-2H3. The molecule has 0 radical (unpaired) electrons. The van der Waals surface area contributed by atoms with Crippen molar-refractivity contribution >= 4 is 10.9 Å². The minimum Gasteiger partial charge on any atom is -0.457 e. The largest absolute Gasteiger partial charge is 0.457 e. The number of nitrogens with zero attached hydrogens (tertiary/aromatic N) is 2. The fourth-order valence-corrected chi connectivity index (χ4v) is 7.78. The molecule has 1 aliphatic carbocycles. The van der Waals surface area contributed by atoms with Crippen LogP contribution < -0.4 is 4.74 Å². The maximum Gasteiger partial charge on any atom is 0.160 e. The van der Waals surface area contributed by atoms with Gasteiger partial charge in [0.1, 0.15) is 11.5 Å². The van der Waals surface area contributed by atoms with Gasteiger partial charge in [-0.1, -0.05) is 135 Å². The van der Waals surface area contributed by atoms with Crippen molar-refractivity contribution in [2.45, 2.75) is 24.7 Å². The molecule has 0 unspecified atom stereocenters. The molecule has 1 aliphatic heterocycles. The van der Waals surface area contributed by atoms with Gasteiger partial charge in [-0.2, -0.15) is 0 Å². The molecule has 1 aromatic heterocycles. The van der Waals surface area contributed by atoms with Crippen LogP contribution >= 0.6 is 0 Å². The number of benzene rings is 6. The number of fused-ring (bicyclic) bond motifs is 9. The Bertz CT molecular complexity index is 2240. The van der Waals surface area contributed by atoms with Crippen LogP contribution in [0.5, 0.6) is 11.5 Å². The first-order valence-electron chi connectivity index (χ1n) is 15.5. The van der Waals surface area contributed by atoms with Crippen LogP contribution in [0.1, 0.15) is 47.2 Å². The predicted octanol–water partition coefficient (Wildman–Crippen LogP) is 10.1. The van der Waals surface area contributed by atoms with Gasteiger partial charge in [-0.05, 0) is 46.5 Å². The topological polar surface area (TPSA) is 35.0 Å². The minimum atomic E-state index is -0.581. The molecule has 2 aliphatic rings. The summed E-state index contributed by atoms with van der Waals surface area (Å²) in [7, 11) is 0. The fraction of sp³-hybridized carbons (Fsp3) is 0.0952. The van der Waals surface area contributed by atoms with Crippen molar-refractivity contribution in [2.24, 2.45) is 0 Å². The summed E-state index contributed by atoms with van der Waals surface area (Å²) >= 11 is 0. The van der Waals surface area contributed by atoms with Crippen LogP contribution in [0.25, 0.3) is 33.5 Å². The highest BCUT2D eigenvalue weighted by molar-refractivity contribution is 5.93. The second-order valence-electron chi connectivity index (χ2n) is 12.6. The van der Waals surface area contributed by atoms with E-state index in [4.69, 9.17) is 14.7 Å². The summed E-state index contributed by atoms with van der Waals surface area (Å²) in [5.41, 5.74) is 10.6. The van der Waals surface area contributed by atoms with E-state index in [0.29, 0.717) is 0 Å². The van der Waals surface area contributed by atoms with Crippen molar-refractivity contribution in [2.75, 3.05) is 0 Å². The molecular weight excluding hydrogens is 548 g/mol. The lowest BCUT2D eigenvalue weighted by atomic mass is 9.53. The van der Waals surface area contributed by atoms with Crippen LogP contribution in [0.3, 0.4) is 0 Å². The lowest BCUT2D eigenvalue weighted by molar-refractivity contribution is 0.425. The monoisotopic (exact) mass is 578 g/mol. The molecule has 0 bridgehead atoms. The van der Waals surface area contributed by atoms with Gasteiger partial charge >= 0.3 is 0 Å². The van der Waals surface area contributed by atoms with E-state index in [1.54, 1.807) is 0 Å². The van der Waals surface area contributed by atoms with Gasteiger partial charge in [0.2, 0.25) is 0 Å². The molecule has 0 saturated carbocycles. The average Bonchev–Trinajstić information content (AvgIpc) is 3.10. The van der Waals surface area contributed by atoms with Crippen LogP contribution in [0.2, 0.25) is 0 Å². The Hall–Kier alpha value is -5.54. The molecule has 9 rings (SSSR count). The number of hydrogen-bond acceptors (Lipinski definition) is 3. The highest BCUT2D eigenvalue weighted by atomic mass is 16.5. The van der Waals surface area contributed by atoms with Gasteiger partial charge in [-0.3, -0.25) is 0 Å². The van der Waals surface area contributed by atoms with Gasteiger partial charge in [0.15, 0.2) is 5.82 Å². The Balaban J connectivity index is 1.39. The Kier molecular flexibility index (Phi) is 5.46. The summed E-state index contributed by atoms with van der Waals surface area (Å²) in [6.45, 7) is 4.68. The van der Waals surface area contributed by atoms with Crippen LogP contribution in [-0.2, 0) is 10.8 Å². The zero-order valence-electron chi connectivity index (χ0n) is 25.2. The summed E-state index contributed by atoms with van der Waals surface area (Å²) in [5, 5.41) is 1.05. The average molecular weight is 579 g/mol. The maximum atomic E-state index is 6.59. The van der Waals surface area contributed by atoms with Gasteiger partial charge in [0, 0.05) is 33.1 Å². The molecule has 3 heteroatoms. The zero-order valence-corrected chi connectivity index (χ0v) is 25.2. The van der Waals surface area contributed by atoms with Crippen molar-refractivity contribution in [3.05, 3.63) is 179 Å². The SMILES string of the molecule is CC1(C)c2ccccc2C2(c3ccccc3Oc3ccccc32)c2cc(-c3nc(-c4ccccc4)c4ccccc4n3)ccc21. The Morgan fingerprint density at radius 2 is 1.04 bits per heavy atom. The molecule has 6 aromatic carbocycles. The number of rotatable bonds is 2. The van der Waals surface area contributed by atoms with Gasteiger partial charge in [-0.15, -0.1) is 0 Å². The van der Waals surface area contributed by atoms with Crippen molar-refractivity contribution in [1.82, 2.24) is 9.97 Å². The Morgan fingerprint density at radius 3 is 1.78 bits per heavy atom. The normalized spacial score (nSPS) is 15.0. The second-order valence-corrected chi connectivity index (χ2v) is 12.6. The molecule has 0 N–H and O–H groups in total. The van der Waals surface area contributed by atoms with Crippen LogP contribution in [-0.4, -0.2) is 9.97 Å². The van der Waals surface area contributed by atoms with Crippen molar-refractivity contribution in [1.29, 1.82) is 0 Å². The molecule has 0 fully saturated rings. The third-order valence-electron chi connectivity index (χ3n) is 9.81. The smallest absolute Gasteiger partial charge is 0.160 e. The molecule has 45 heavy (non-hydrogen) atoms. The quantitative estimate of drug-likeness (QED) is 0.205. The van der Waals surface area contributed by atoms with E-state index in [1.165, 1.54) is 22.3 Å². The predicted molar refractivity (Wildman–Crippen MR) is 181 cm³/mol. The molecule has 3 nitrogen and oxygen atoms in total. The summed E-state index contributed by atoms with van der Waals surface area (Å²) in [4.78, 5) is 10.4. The molecule has 0 atom stereocenters. The number of hydrogen-bond donors (Lipinski definition) is 0. The molecule has 0 saturated heterocycles. The van der Waals surface area contributed by atoms with Gasteiger partial charge in [0.25, 0.3) is 0 Å². The van der Waals surface area contributed by atoms with Gasteiger partial charge in [0.05, 0.1) is 16.6 Å². The van der Waals surface area contributed by atoms with Crippen LogP contribution in [0, 0.1) is 0 Å². The second kappa shape index (κ2) is 9.48. The number of ether oxygens (including phenoxy) is 1. The highest BCUT2D eigenvalue weighted by Gasteiger charge is 2.52. The first-order valence-corrected chi connectivity index (χ1v) is 15.5. The fourth-order valence-electron chi connectivity index (χ4n) is 7.78. The van der Waals surface area contributed by atoms with E-state index in [1.807, 2.05) is 12.1 Å². The molecule has 7 aromatic rings. The summed E-state index contributed by atoms with van der Waals surface area (Å²) in [6, 6.07) is 51.5. The van der Waals surface area contributed by atoms with E-state index < -0.39 is 5.41 Å². The van der Waals surface area contributed by atoms with Crippen molar-refractivity contribution < 1.29 is 4.74 Å². The molecule has 0 amide bonds. The van der Waals surface area contributed by atoms with Crippen molar-refractivity contribution in [3.8, 4) is 34.1 Å². The van der Waals surface area contributed by atoms with Crippen LogP contribution in [0.15, 0.2) is 146 Å². The summed E-state index contributed by atoms with van der Waals surface area (Å²) in [6.07, 6.45) is 0. The Morgan fingerprint density at radius 1 is 0.467 bits per heavy atom. The zero-order chi connectivity index (χ0) is 30.2.